The van der Waals surface area contributed by atoms with Gasteiger partial charge in [-0.05, 0) is 41.4 Å². The maximum atomic E-state index is 13.2. The molecule has 1 aliphatic rings. The van der Waals surface area contributed by atoms with Crippen LogP contribution in [-0.2, 0) is 17.4 Å². The monoisotopic (exact) mass is 456 g/mol. The van der Waals surface area contributed by atoms with Crippen LogP contribution in [0.15, 0.2) is 54.7 Å². The van der Waals surface area contributed by atoms with Gasteiger partial charge in [0.25, 0.3) is 0 Å². The minimum atomic E-state index is -4.40. The number of carbonyl (C=O) groups is 1. The van der Waals surface area contributed by atoms with E-state index in [0.717, 1.165) is 66.9 Å². The normalized spacial score (nSPS) is 16.7. The first kappa shape index (κ1) is 23.2. The SMILES string of the molecule is CCN1CCN(C(c2ccc(C(F)(F)F)cc2)c2ccc3cccnc3c2CC(N)=O)CC1. The average Bonchev–Trinajstić information content (AvgIpc) is 2.80. The molecule has 5 nitrogen and oxygen atoms in total. The molecule has 2 N–H and O–H groups in total. The van der Waals surface area contributed by atoms with Gasteiger partial charge >= 0.3 is 6.18 Å². The summed E-state index contributed by atoms with van der Waals surface area (Å²) in [7, 11) is 0. The highest BCUT2D eigenvalue weighted by molar-refractivity contribution is 5.88. The first-order valence-electron chi connectivity index (χ1n) is 11.1. The van der Waals surface area contributed by atoms with Crippen molar-refractivity contribution in [3.8, 4) is 0 Å². The molecule has 0 spiro atoms. The molecule has 0 radical (unpaired) electrons. The Kier molecular flexibility index (Phi) is 6.67. The second kappa shape index (κ2) is 9.49. The number of rotatable bonds is 6. The number of carbonyl (C=O) groups excluding carboxylic acids is 1. The van der Waals surface area contributed by atoms with Gasteiger partial charge in [0.1, 0.15) is 0 Å². The van der Waals surface area contributed by atoms with Gasteiger partial charge in [-0.25, -0.2) is 0 Å². The number of pyridine rings is 1. The van der Waals surface area contributed by atoms with Gasteiger partial charge in [0.05, 0.1) is 23.5 Å². The Morgan fingerprint density at radius 3 is 2.36 bits per heavy atom. The summed E-state index contributed by atoms with van der Waals surface area (Å²) in [5.74, 6) is -0.476. The third-order valence-electron chi connectivity index (χ3n) is 6.33. The lowest BCUT2D eigenvalue weighted by atomic mass is 9.89. The van der Waals surface area contributed by atoms with Gasteiger partial charge in [-0.1, -0.05) is 37.3 Å². The zero-order valence-electron chi connectivity index (χ0n) is 18.5. The van der Waals surface area contributed by atoms with E-state index >= 15 is 0 Å². The van der Waals surface area contributed by atoms with E-state index in [1.165, 1.54) is 12.1 Å². The highest BCUT2D eigenvalue weighted by atomic mass is 19.4. The quantitative estimate of drug-likeness (QED) is 0.609. The molecular formula is C25H27F3N4O. The number of likely N-dealkylation sites (N-methyl/N-ethyl adjacent to an activating group) is 1. The van der Waals surface area contributed by atoms with Crippen LogP contribution in [0.1, 0.15) is 35.2 Å². The maximum absolute atomic E-state index is 13.2. The summed E-state index contributed by atoms with van der Waals surface area (Å²) >= 11 is 0. The molecule has 1 atom stereocenters. The summed E-state index contributed by atoms with van der Waals surface area (Å²) < 4.78 is 39.6. The van der Waals surface area contributed by atoms with Gasteiger partial charge < -0.3 is 10.6 Å². The molecule has 33 heavy (non-hydrogen) atoms. The molecule has 1 aromatic heterocycles. The van der Waals surface area contributed by atoms with Crippen molar-refractivity contribution in [3.05, 3.63) is 77.0 Å². The molecular weight excluding hydrogens is 429 g/mol. The van der Waals surface area contributed by atoms with Crippen molar-refractivity contribution in [2.24, 2.45) is 5.73 Å². The van der Waals surface area contributed by atoms with Gasteiger partial charge in [-0.2, -0.15) is 13.2 Å². The van der Waals surface area contributed by atoms with Crippen molar-refractivity contribution in [2.45, 2.75) is 25.6 Å². The summed E-state index contributed by atoms with van der Waals surface area (Å²) in [6.45, 7) is 6.31. The van der Waals surface area contributed by atoms with Gasteiger partial charge in [0, 0.05) is 37.8 Å². The Labute approximate surface area is 191 Å². The number of piperazine rings is 1. The number of alkyl halides is 3. The summed E-state index contributed by atoms with van der Waals surface area (Å²) in [4.78, 5) is 21.1. The number of aromatic nitrogens is 1. The Bertz CT molecular complexity index is 1120. The van der Waals surface area contributed by atoms with Crippen molar-refractivity contribution in [2.75, 3.05) is 32.7 Å². The molecule has 1 unspecified atom stereocenters. The third kappa shape index (κ3) is 5.02. The van der Waals surface area contributed by atoms with Crippen LogP contribution < -0.4 is 5.73 Å². The Hall–Kier alpha value is -2.97. The number of benzene rings is 2. The highest BCUT2D eigenvalue weighted by Gasteiger charge is 2.32. The summed E-state index contributed by atoms with van der Waals surface area (Å²) in [6, 6.07) is 12.7. The molecule has 0 bridgehead atoms. The number of amides is 1. The first-order valence-corrected chi connectivity index (χ1v) is 11.1. The predicted octanol–water partition coefficient (Wildman–Crippen LogP) is 4.01. The minimum Gasteiger partial charge on any atom is -0.369 e. The molecule has 4 rings (SSSR count). The van der Waals surface area contributed by atoms with Crippen molar-refractivity contribution in [3.63, 3.8) is 0 Å². The summed E-state index contributed by atoms with van der Waals surface area (Å²) in [6.07, 6.45) is -2.72. The zero-order chi connectivity index (χ0) is 23.6. The lowest BCUT2D eigenvalue weighted by Gasteiger charge is -2.40. The third-order valence-corrected chi connectivity index (χ3v) is 6.33. The van der Waals surface area contributed by atoms with E-state index in [0.29, 0.717) is 5.52 Å². The molecule has 2 heterocycles. The molecule has 174 valence electrons. The van der Waals surface area contributed by atoms with Gasteiger partial charge in [-0.3, -0.25) is 14.7 Å². The van der Waals surface area contributed by atoms with E-state index in [1.54, 1.807) is 6.20 Å². The second-order valence-corrected chi connectivity index (χ2v) is 8.34. The summed E-state index contributed by atoms with van der Waals surface area (Å²) in [5, 5.41) is 0.888. The Morgan fingerprint density at radius 1 is 1.06 bits per heavy atom. The van der Waals surface area contributed by atoms with Crippen molar-refractivity contribution in [1.82, 2.24) is 14.8 Å². The lowest BCUT2D eigenvalue weighted by Crippen LogP contribution is -2.47. The van der Waals surface area contributed by atoms with E-state index in [1.807, 2.05) is 24.3 Å². The number of nitrogens with two attached hydrogens (primary N) is 1. The van der Waals surface area contributed by atoms with E-state index < -0.39 is 17.6 Å². The standard InChI is InChI=1S/C25H27F3N4O/c1-2-31-12-14-32(15-13-31)24(18-5-8-19(9-6-18)25(26,27)28)20-10-7-17-4-3-11-30-23(17)21(20)16-22(29)33/h3-11,24H,2,12-16H2,1H3,(H2,29,33). The van der Waals surface area contributed by atoms with Crippen LogP contribution in [0.4, 0.5) is 13.2 Å². The molecule has 1 amide bonds. The van der Waals surface area contributed by atoms with E-state index in [9.17, 15) is 18.0 Å². The highest BCUT2D eigenvalue weighted by Crippen LogP contribution is 2.37. The number of hydrogen-bond donors (Lipinski definition) is 1. The number of fused-ring (bicyclic) bond motifs is 1. The van der Waals surface area contributed by atoms with Crippen LogP contribution in [-0.4, -0.2) is 53.4 Å². The van der Waals surface area contributed by atoms with E-state index in [4.69, 9.17) is 5.73 Å². The molecule has 3 aromatic rings. The molecule has 1 saturated heterocycles. The Balaban J connectivity index is 1.84. The van der Waals surface area contributed by atoms with Crippen LogP contribution in [0, 0.1) is 0 Å². The van der Waals surface area contributed by atoms with E-state index in [2.05, 4.69) is 21.7 Å². The lowest BCUT2D eigenvalue weighted by molar-refractivity contribution is -0.137. The fourth-order valence-corrected chi connectivity index (χ4v) is 4.62. The number of halogens is 3. The zero-order valence-corrected chi connectivity index (χ0v) is 18.5. The predicted molar refractivity (Wildman–Crippen MR) is 122 cm³/mol. The number of nitrogens with zero attached hydrogens (tertiary/aromatic N) is 3. The maximum Gasteiger partial charge on any atom is 0.416 e. The molecule has 1 aliphatic heterocycles. The number of hydrogen-bond acceptors (Lipinski definition) is 4. The molecule has 0 aliphatic carbocycles. The fraction of sp³-hybridized carbons (Fsp3) is 0.360. The molecule has 0 saturated carbocycles. The van der Waals surface area contributed by atoms with Crippen LogP contribution in [0.25, 0.3) is 10.9 Å². The number of primary amides is 1. The topological polar surface area (TPSA) is 62.5 Å². The minimum absolute atomic E-state index is 0.00967. The van der Waals surface area contributed by atoms with Crippen LogP contribution in [0.2, 0.25) is 0 Å². The van der Waals surface area contributed by atoms with Gasteiger partial charge in [-0.15, -0.1) is 0 Å². The first-order chi connectivity index (χ1) is 15.8. The molecule has 1 fully saturated rings. The van der Waals surface area contributed by atoms with Crippen LogP contribution >= 0.6 is 0 Å². The summed E-state index contributed by atoms with van der Waals surface area (Å²) in [5.41, 5.74) is 7.93. The molecule has 2 aromatic carbocycles. The van der Waals surface area contributed by atoms with Crippen LogP contribution in [0.3, 0.4) is 0 Å². The van der Waals surface area contributed by atoms with E-state index in [-0.39, 0.29) is 12.5 Å². The largest absolute Gasteiger partial charge is 0.416 e. The fourth-order valence-electron chi connectivity index (χ4n) is 4.62. The van der Waals surface area contributed by atoms with Gasteiger partial charge in [0.2, 0.25) is 5.91 Å². The average molecular weight is 457 g/mol. The van der Waals surface area contributed by atoms with Crippen LogP contribution in [0.5, 0.6) is 0 Å². The molecule has 8 heteroatoms. The van der Waals surface area contributed by atoms with Gasteiger partial charge in [0.15, 0.2) is 0 Å². The smallest absolute Gasteiger partial charge is 0.369 e. The van der Waals surface area contributed by atoms with Crippen molar-refractivity contribution < 1.29 is 18.0 Å². The second-order valence-electron chi connectivity index (χ2n) is 8.34. The van der Waals surface area contributed by atoms with Crippen molar-refractivity contribution >= 4 is 16.8 Å². The Morgan fingerprint density at radius 2 is 1.76 bits per heavy atom. The van der Waals surface area contributed by atoms with Crippen molar-refractivity contribution in [1.29, 1.82) is 0 Å².